The van der Waals surface area contributed by atoms with Crippen LogP contribution < -0.4 is 4.74 Å². The number of carbonyl (C=O) groups is 1. The molecule has 1 aromatic carbocycles. The lowest BCUT2D eigenvalue weighted by molar-refractivity contribution is -0.136. The summed E-state index contributed by atoms with van der Waals surface area (Å²) in [6, 6.07) is 4.31. The first kappa shape index (κ1) is 16.6. The minimum atomic E-state index is -0.579. The van der Waals surface area contributed by atoms with Crippen molar-refractivity contribution in [2.75, 3.05) is 13.7 Å². The molecule has 3 aliphatic rings. The van der Waals surface area contributed by atoms with Gasteiger partial charge in [0.2, 0.25) is 0 Å². The van der Waals surface area contributed by atoms with Crippen molar-refractivity contribution in [3.63, 3.8) is 0 Å². The van der Waals surface area contributed by atoms with Gasteiger partial charge < -0.3 is 14.6 Å². The second kappa shape index (κ2) is 5.60. The van der Waals surface area contributed by atoms with Crippen LogP contribution in [0.1, 0.15) is 68.7 Å². The number of hydrogen-bond donors (Lipinski definition) is 1. The zero-order valence-corrected chi connectivity index (χ0v) is 15.4. The van der Waals surface area contributed by atoms with Gasteiger partial charge in [-0.15, -0.1) is 0 Å². The third-order valence-corrected chi connectivity index (χ3v) is 6.54. The van der Waals surface area contributed by atoms with Crippen molar-refractivity contribution in [2.45, 2.75) is 57.5 Å². The Labute approximate surface area is 148 Å². The van der Waals surface area contributed by atoms with Crippen LogP contribution in [0.15, 0.2) is 23.3 Å². The number of rotatable bonds is 2. The molecule has 2 aliphatic carbocycles. The number of aliphatic hydroxyl groups is 1. The second-order valence-electron chi connectivity index (χ2n) is 8.11. The SMILES string of the molecule is COc1c(C(C)C)ccc2c1[C@@H](O)C[C@H]1C3=C(CC[C@]21C)C(=O)OC3. The Hall–Kier alpha value is -1.81. The Kier molecular flexibility index (Phi) is 3.73. The van der Waals surface area contributed by atoms with Crippen molar-refractivity contribution in [3.8, 4) is 5.75 Å². The van der Waals surface area contributed by atoms with Crippen molar-refractivity contribution in [1.29, 1.82) is 0 Å². The summed E-state index contributed by atoms with van der Waals surface area (Å²) in [5, 5.41) is 11.0. The van der Waals surface area contributed by atoms with Crippen LogP contribution in [0, 0.1) is 5.92 Å². The molecule has 4 rings (SSSR count). The maximum absolute atomic E-state index is 12.0. The lowest BCUT2D eigenvalue weighted by Crippen LogP contribution is -2.42. The van der Waals surface area contributed by atoms with E-state index in [1.54, 1.807) is 7.11 Å². The van der Waals surface area contributed by atoms with Gasteiger partial charge in [-0.05, 0) is 47.8 Å². The zero-order valence-electron chi connectivity index (χ0n) is 15.4. The summed E-state index contributed by atoms with van der Waals surface area (Å²) < 4.78 is 11.0. The van der Waals surface area contributed by atoms with E-state index >= 15 is 0 Å². The van der Waals surface area contributed by atoms with Gasteiger partial charge in [-0.3, -0.25) is 0 Å². The lowest BCUT2D eigenvalue weighted by Gasteiger charge is -2.48. The van der Waals surface area contributed by atoms with E-state index in [1.807, 2.05) is 0 Å². The summed E-state index contributed by atoms with van der Waals surface area (Å²) in [5.74, 6) is 1.16. The molecule has 4 nitrogen and oxygen atoms in total. The molecular formula is C21H26O4. The summed E-state index contributed by atoms with van der Waals surface area (Å²) in [6.07, 6.45) is 1.70. The Bertz CT molecular complexity index is 776. The molecule has 3 atom stereocenters. The van der Waals surface area contributed by atoms with E-state index in [1.165, 1.54) is 5.56 Å². The van der Waals surface area contributed by atoms with Crippen LogP contribution in [0.25, 0.3) is 0 Å². The standard InChI is InChI=1S/C21H26O4/c1-11(2)12-5-6-15-18(19(12)24-4)17(22)9-16-14-10-25-20(23)13(14)7-8-21(15,16)3/h5-6,11,16-17,22H,7-10H2,1-4H3/t16-,17-,21+/m0/s1. The smallest absolute Gasteiger partial charge is 0.334 e. The number of benzene rings is 1. The first-order valence-corrected chi connectivity index (χ1v) is 9.16. The normalized spacial score (nSPS) is 30.7. The number of ether oxygens (including phenoxy) is 2. The van der Waals surface area contributed by atoms with Crippen molar-refractivity contribution in [1.82, 2.24) is 0 Å². The lowest BCUT2D eigenvalue weighted by atomic mass is 9.56. The summed E-state index contributed by atoms with van der Waals surface area (Å²) >= 11 is 0. The number of hydrogen-bond acceptors (Lipinski definition) is 4. The van der Waals surface area contributed by atoms with E-state index in [2.05, 4.69) is 32.9 Å². The van der Waals surface area contributed by atoms with E-state index in [0.717, 1.165) is 40.9 Å². The molecule has 0 bridgehead atoms. The molecule has 0 saturated heterocycles. The molecule has 0 spiro atoms. The molecular weight excluding hydrogens is 316 g/mol. The van der Waals surface area contributed by atoms with Crippen LogP contribution in [0.2, 0.25) is 0 Å². The largest absolute Gasteiger partial charge is 0.496 e. The van der Waals surface area contributed by atoms with E-state index in [-0.39, 0.29) is 17.3 Å². The van der Waals surface area contributed by atoms with Gasteiger partial charge in [0.25, 0.3) is 0 Å². The molecule has 0 fully saturated rings. The molecule has 0 radical (unpaired) electrons. The van der Waals surface area contributed by atoms with E-state index in [9.17, 15) is 9.90 Å². The number of carbonyl (C=O) groups excluding carboxylic acids is 1. The second-order valence-corrected chi connectivity index (χ2v) is 8.11. The van der Waals surface area contributed by atoms with Crippen molar-refractivity contribution in [3.05, 3.63) is 40.0 Å². The maximum Gasteiger partial charge on any atom is 0.334 e. The van der Waals surface area contributed by atoms with Crippen LogP contribution in [0.4, 0.5) is 0 Å². The Morgan fingerprint density at radius 2 is 2.12 bits per heavy atom. The Morgan fingerprint density at radius 1 is 1.36 bits per heavy atom. The highest BCUT2D eigenvalue weighted by Crippen LogP contribution is 2.57. The predicted molar refractivity (Wildman–Crippen MR) is 94.7 cm³/mol. The fourth-order valence-electron chi connectivity index (χ4n) is 5.16. The highest BCUT2D eigenvalue weighted by atomic mass is 16.5. The molecule has 1 aromatic rings. The van der Waals surface area contributed by atoms with Crippen LogP contribution in [0.5, 0.6) is 5.75 Å². The maximum atomic E-state index is 12.0. The van der Waals surface area contributed by atoms with E-state index in [0.29, 0.717) is 18.9 Å². The van der Waals surface area contributed by atoms with E-state index < -0.39 is 6.10 Å². The number of fused-ring (bicyclic) bond motifs is 4. The minimum absolute atomic E-state index is 0.0931. The quantitative estimate of drug-likeness (QED) is 0.831. The van der Waals surface area contributed by atoms with E-state index in [4.69, 9.17) is 9.47 Å². The highest BCUT2D eigenvalue weighted by molar-refractivity contribution is 5.92. The molecule has 0 saturated carbocycles. The van der Waals surface area contributed by atoms with Gasteiger partial charge in [0.15, 0.2) is 0 Å². The van der Waals surface area contributed by atoms with Crippen molar-refractivity contribution < 1.29 is 19.4 Å². The van der Waals surface area contributed by atoms with Crippen molar-refractivity contribution in [2.24, 2.45) is 5.92 Å². The number of methoxy groups -OCH3 is 1. The molecule has 1 aliphatic heterocycles. The zero-order chi connectivity index (χ0) is 17.9. The number of aliphatic hydroxyl groups excluding tert-OH is 1. The average molecular weight is 342 g/mol. The molecule has 134 valence electrons. The molecule has 0 amide bonds. The van der Waals surface area contributed by atoms with Gasteiger partial charge in [-0.25, -0.2) is 4.79 Å². The first-order chi connectivity index (χ1) is 11.9. The molecule has 0 unspecified atom stereocenters. The summed E-state index contributed by atoms with van der Waals surface area (Å²) in [4.78, 5) is 12.0. The van der Waals surface area contributed by atoms with Gasteiger partial charge in [0.05, 0.1) is 13.2 Å². The summed E-state index contributed by atoms with van der Waals surface area (Å²) in [6.45, 7) is 6.94. The van der Waals surface area contributed by atoms with Crippen LogP contribution in [-0.2, 0) is 14.9 Å². The van der Waals surface area contributed by atoms with Crippen molar-refractivity contribution >= 4 is 5.97 Å². The highest BCUT2D eigenvalue weighted by Gasteiger charge is 2.51. The third-order valence-electron chi connectivity index (χ3n) is 6.54. The molecule has 0 aromatic heterocycles. The average Bonchev–Trinajstić information content (AvgIpc) is 2.96. The number of esters is 1. The van der Waals surface area contributed by atoms with Gasteiger partial charge in [0, 0.05) is 16.6 Å². The predicted octanol–water partition coefficient (Wildman–Crippen LogP) is 3.78. The number of cyclic esters (lactones) is 1. The third kappa shape index (κ3) is 2.20. The van der Waals surface area contributed by atoms with Crippen LogP contribution in [-0.4, -0.2) is 24.8 Å². The monoisotopic (exact) mass is 342 g/mol. The van der Waals surface area contributed by atoms with Gasteiger partial charge in [-0.2, -0.15) is 0 Å². The Balaban J connectivity index is 1.90. The fourth-order valence-corrected chi connectivity index (χ4v) is 5.16. The molecule has 1 heterocycles. The minimum Gasteiger partial charge on any atom is -0.496 e. The van der Waals surface area contributed by atoms with Crippen LogP contribution in [0.3, 0.4) is 0 Å². The molecule has 4 heteroatoms. The molecule has 25 heavy (non-hydrogen) atoms. The van der Waals surface area contributed by atoms with Crippen LogP contribution >= 0.6 is 0 Å². The Morgan fingerprint density at radius 3 is 2.80 bits per heavy atom. The van der Waals surface area contributed by atoms with Gasteiger partial charge in [-0.1, -0.05) is 32.9 Å². The first-order valence-electron chi connectivity index (χ1n) is 9.16. The fraction of sp³-hybridized carbons (Fsp3) is 0.571. The topological polar surface area (TPSA) is 55.8 Å². The molecule has 1 N–H and O–H groups in total. The van der Waals surface area contributed by atoms with Gasteiger partial charge >= 0.3 is 5.97 Å². The summed E-state index contributed by atoms with van der Waals surface area (Å²) in [5.41, 5.74) is 5.12. The van der Waals surface area contributed by atoms with Gasteiger partial charge in [0.1, 0.15) is 12.4 Å². The summed E-state index contributed by atoms with van der Waals surface area (Å²) in [7, 11) is 1.69.